The van der Waals surface area contributed by atoms with Gasteiger partial charge in [0.1, 0.15) is 11.5 Å². The maximum atomic E-state index is 5.61. The summed E-state index contributed by atoms with van der Waals surface area (Å²) in [5.74, 6) is 4.55. The highest BCUT2D eigenvalue weighted by atomic mass is 16.5. The molecule has 3 atom stereocenters. The molecule has 0 N–H and O–H groups in total. The van der Waals surface area contributed by atoms with E-state index in [9.17, 15) is 0 Å². The van der Waals surface area contributed by atoms with Crippen LogP contribution in [-0.2, 0) is 0 Å². The van der Waals surface area contributed by atoms with Crippen molar-refractivity contribution < 1.29 is 9.47 Å². The van der Waals surface area contributed by atoms with Crippen molar-refractivity contribution in [2.45, 2.75) is 50.5 Å². The summed E-state index contributed by atoms with van der Waals surface area (Å²) < 4.78 is 10.9. The molecule has 3 aliphatic rings. The summed E-state index contributed by atoms with van der Waals surface area (Å²) in [4.78, 5) is 2.80. The zero-order valence-corrected chi connectivity index (χ0v) is 14.5. The monoisotopic (exact) mass is 315 g/mol. The minimum atomic E-state index is 0.630. The third-order valence-corrected chi connectivity index (χ3v) is 6.58. The normalized spacial score (nSPS) is 31.5. The second-order valence-electron chi connectivity index (χ2n) is 7.66. The maximum absolute atomic E-state index is 5.61. The average Bonchev–Trinajstić information content (AvgIpc) is 3.24. The number of benzene rings is 1. The van der Waals surface area contributed by atoms with Crippen molar-refractivity contribution >= 4 is 0 Å². The first kappa shape index (κ1) is 15.3. The van der Waals surface area contributed by atoms with Gasteiger partial charge in [-0.25, -0.2) is 0 Å². The van der Waals surface area contributed by atoms with Crippen LogP contribution in [0.15, 0.2) is 18.2 Å². The number of nitrogens with zero attached hydrogens (tertiary/aromatic N) is 1. The summed E-state index contributed by atoms with van der Waals surface area (Å²) in [6, 6.07) is 7.19. The molecule has 2 saturated carbocycles. The predicted molar refractivity (Wildman–Crippen MR) is 92.3 cm³/mol. The van der Waals surface area contributed by atoms with Gasteiger partial charge in [0, 0.05) is 12.1 Å². The van der Waals surface area contributed by atoms with E-state index >= 15 is 0 Å². The molecule has 1 aliphatic heterocycles. The number of hydrogen-bond donors (Lipinski definition) is 0. The molecule has 2 aliphatic carbocycles. The highest BCUT2D eigenvalue weighted by molar-refractivity contribution is 5.43. The van der Waals surface area contributed by atoms with Gasteiger partial charge >= 0.3 is 0 Å². The van der Waals surface area contributed by atoms with E-state index in [1.807, 2.05) is 6.07 Å². The van der Waals surface area contributed by atoms with E-state index in [2.05, 4.69) is 17.0 Å². The number of likely N-dealkylation sites (tertiary alicyclic amines) is 1. The molecule has 1 aromatic carbocycles. The number of hydrogen-bond acceptors (Lipinski definition) is 3. The van der Waals surface area contributed by atoms with E-state index in [1.54, 1.807) is 14.2 Å². The van der Waals surface area contributed by atoms with Crippen LogP contribution in [0.25, 0.3) is 0 Å². The van der Waals surface area contributed by atoms with Crippen LogP contribution in [0.2, 0.25) is 0 Å². The van der Waals surface area contributed by atoms with Crippen molar-refractivity contribution in [3.8, 4) is 11.5 Å². The van der Waals surface area contributed by atoms with Crippen molar-refractivity contribution in [1.82, 2.24) is 4.90 Å². The quantitative estimate of drug-likeness (QED) is 0.836. The van der Waals surface area contributed by atoms with Gasteiger partial charge in [0.25, 0.3) is 0 Å². The van der Waals surface area contributed by atoms with E-state index in [0.717, 1.165) is 29.4 Å². The van der Waals surface area contributed by atoms with Crippen molar-refractivity contribution in [2.24, 2.45) is 11.8 Å². The smallest absolute Gasteiger partial charge is 0.126 e. The lowest BCUT2D eigenvalue weighted by atomic mass is 9.86. The van der Waals surface area contributed by atoms with E-state index in [-0.39, 0.29) is 0 Å². The van der Waals surface area contributed by atoms with Crippen molar-refractivity contribution in [3.05, 3.63) is 23.8 Å². The Bertz CT molecular complexity index is 551. The molecule has 3 fully saturated rings. The second-order valence-corrected chi connectivity index (χ2v) is 7.66. The third-order valence-electron chi connectivity index (χ3n) is 6.58. The number of fused-ring (bicyclic) bond motifs is 2. The van der Waals surface area contributed by atoms with Gasteiger partial charge in [-0.2, -0.15) is 0 Å². The van der Waals surface area contributed by atoms with Crippen molar-refractivity contribution in [3.63, 3.8) is 0 Å². The first-order valence-corrected chi connectivity index (χ1v) is 9.24. The SMILES string of the molecule is COc1ccc(C2CCN([C@H]3C[C@H]4CC[C@H]3C4)CC2)c(OC)c1. The lowest BCUT2D eigenvalue weighted by Crippen LogP contribution is -2.43. The van der Waals surface area contributed by atoms with Gasteiger partial charge < -0.3 is 14.4 Å². The Hall–Kier alpha value is -1.22. The predicted octanol–water partition coefficient (Wildman–Crippen LogP) is 4.07. The van der Waals surface area contributed by atoms with Gasteiger partial charge in [-0.1, -0.05) is 12.5 Å². The summed E-state index contributed by atoms with van der Waals surface area (Å²) >= 11 is 0. The van der Waals surface area contributed by atoms with Crippen molar-refractivity contribution in [1.29, 1.82) is 0 Å². The minimum Gasteiger partial charge on any atom is -0.497 e. The lowest BCUT2D eigenvalue weighted by molar-refractivity contribution is 0.110. The molecule has 0 amide bonds. The first-order chi connectivity index (χ1) is 11.3. The van der Waals surface area contributed by atoms with Crippen molar-refractivity contribution in [2.75, 3.05) is 27.3 Å². The molecule has 23 heavy (non-hydrogen) atoms. The second kappa shape index (κ2) is 6.35. The van der Waals surface area contributed by atoms with Crippen LogP contribution < -0.4 is 9.47 Å². The molecule has 0 spiro atoms. The van der Waals surface area contributed by atoms with Gasteiger partial charge in [-0.15, -0.1) is 0 Å². The maximum Gasteiger partial charge on any atom is 0.126 e. The van der Waals surface area contributed by atoms with Gasteiger partial charge in [-0.05, 0) is 74.6 Å². The lowest BCUT2D eigenvalue weighted by Gasteiger charge is -2.40. The number of ether oxygens (including phenoxy) is 2. The highest BCUT2D eigenvalue weighted by Gasteiger charge is 2.43. The largest absolute Gasteiger partial charge is 0.497 e. The molecule has 3 nitrogen and oxygen atoms in total. The first-order valence-electron chi connectivity index (χ1n) is 9.24. The molecule has 1 heterocycles. The van der Waals surface area contributed by atoms with Crippen LogP contribution in [-0.4, -0.2) is 38.3 Å². The Morgan fingerprint density at radius 2 is 1.78 bits per heavy atom. The summed E-state index contributed by atoms with van der Waals surface area (Å²) in [6.07, 6.45) is 8.49. The molecular formula is C20H29NO2. The van der Waals surface area contributed by atoms with Gasteiger partial charge in [0.05, 0.1) is 14.2 Å². The fourth-order valence-electron chi connectivity index (χ4n) is 5.36. The molecule has 0 radical (unpaired) electrons. The Kier molecular flexibility index (Phi) is 4.23. The zero-order chi connectivity index (χ0) is 15.8. The van der Waals surface area contributed by atoms with Crippen LogP contribution in [0.1, 0.15) is 50.0 Å². The Balaban J connectivity index is 1.41. The third kappa shape index (κ3) is 2.84. The van der Waals surface area contributed by atoms with Crippen LogP contribution in [0.4, 0.5) is 0 Å². The van der Waals surface area contributed by atoms with Crippen LogP contribution in [0.5, 0.6) is 11.5 Å². The molecule has 1 aromatic rings. The summed E-state index contributed by atoms with van der Waals surface area (Å²) in [7, 11) is 3.48. The van der Waals surface area contributed by atoms with Gasteiger partial charge in [-0.3, -0.25) is 0 Å². The molecule has 4 rings (SSSR count). The molecule has 2 bridgehead atoms. The fraction of sp³-hybridized carbons (Fsp3) is 0.700. The molecular weight excluding hydrogens is 286 g/mol. The van der Waals surface area contributed by atoms with Gasteiger partial charge in [0.15, 0.2) is 0 Å². The Morgan fingerprint density at radius 1 is 0.957 bits per heavy atom. The van der Waals surface area contributed by atoms with E-state index in [4.69, 9.17) is 9.47 Å². The topological polar surface area (TPSA) is 21.7 Å². The Morgan fingerprint density at radius 3 is 2.39 bits per heavy atom. The minimum absolute atomic E-state index is 0.630. The average molecular weight is 315 g/mol. The van der Waals surface area contributed by atoms with E-state index in [1.165, 1.54) is 57.2 Å². The molecule has 126 valence electrons. The van der Waals surface area contributed by atoms with Crippen LogP contribution >= 0.6 is 0 Å². The molecule has 0 unspecified atom stereocenters. The zero-order valence-electron chi connectivity index (χ0n) is 14.5. The van der Waals surface area contributed by atoms with Crippen LogP contribution in [0.3, 0.4) is 0 Å². The highest BCUT2D eigenvalue weighted by Crippen LogP contribution is 2.48. The van der Waals surface area contributed by atoms with E-state index in [0.29, 0.717) is 5.92 Å². The van der Waals surface area contributed by atoms with Crippen LogP contribution in [0, 0.1) is 11.8 Å². The number of piperidine rings is 1. The molecule has 1 saturated heterocycles. The Labute approximate surface area is 140 Å². The van der Waals surface area contributed by atoms with Gasteiger partial charge in [0.2, 0.25) is 0 Å². The molecule has 3 heteroatoms. The summed E-state index contributed by atoms with van der Waals surface area (Å²) in [5, 5.41) is 0. The number of rotatable bonds is 4. The molecule has 0 aromatic heterocycles. The summed E-state index contributed by atoms with van der Waals surface area (Å²) in [5.41, 5.74) is 1.36. The number of methoxy groups -OCH3 is 2. The van der Waals surface area contributed by atoms with E-state index < -0.39 is 0 Å². The summed E-state index contributed by atoms with van der Waals surface area (Å²) in [6.45, 7) is 2.52. The fourth-order valence-corrected chi connectivity index (χ4v) is 5.36. The standard InChI is InChI=1S/C20H29NO2/c1-22-17-5-6-18(20(13-17)23-2)15-7-9-21(10-8-15)19-12-14-3-4-16(19)11-14/h5-6,13-16,19H,3-4,7-12H2,1-2H3/t14-,16-,19-/m0/s1.